The molecule has 2 aromatic carbocycles. The molecule has 4 aliphatic carbocycles. The summed E-state index contributed by atoms with van der Waals surface area (Å²) < 4.78 is 18.2. The van der Waals surface area contributed by atoms with Crippen molar-refractivity contribution in [3.05, 3.63) is 58.6 Å². The molecular formula is C43H58Cl2N5O6+. The Morgan fingerprint density at radius 1 is 0.929 bits per heavy atom. The summed E-state index contributed by atoms with van der Waals surface area (Å²) in [5.41, 5.74) is 0.495. The summed E-state index contributed by atoms with van der Waals surface area (Å²) in [5, 5.41) is 13.8. The fourth-order valence-corrected chi connectivity index (χ4v) is 12.2. The predicted molar refractivity (Wildman–Crippen MR) is 217 cm³/mol. The molecule has 7 rings (SSSR count). The third-order valence-electron chi connectivity index (χ3n) is 14.5. The van der Waals surface area contributed by atoms with Gasteiger partial charge in [0.25, 0.3) is 0 Å². The maximum atomic E-state index is 13.9. The normalized spacial score (nSPS) is 33.9. The predicted octanol–water partition coefficient (Wildman–Crippen LogP) is 7.38. The number of carbonyl (C=O) groups excluding carboxylic acids is 3. The van der Waals surface area contributed by atoms with Gasteiger partial charge in [0.2, 0.25) is 0 Å². The average Bonchev–Trinajstić information content (AvgIpc) is 3.55. The smallest absolute Gasteiger partial charge is 0.411 e. The van der Waals surface area contributed by atoms with E-state index in [2.05, 4.69) is 47.0 Å². The van der Waals surface area contributed by atoms with Crippen molar-refractivity contribution in [2.45, 2.75) is 103 Å². The minimum Gasteiger partial charge on any atom is -0.469 e. The standard InChI is InChI=1S/C43H57Cl2N5O6/c1-25(14-17-36(51)54-4)29-15-16-30-37-31(24-35(43(29,30)3)56-40(52)49-27-10-6-5-7-11-27)42(2)19-18-28(48-39-46-20-9-21-47-39)22-26(42)23-34(37)55-41(53)50-38-32(44)12-8-13-33(38)45/h5-8,10-13,25-26,28-31,34-35,37H,9,14-24H2,1-4H3,(H,49,52)(H,50,53)(H2,46,47,48)/p+1/t25-,26+,28-,29-,30+,31+,34-,35+,37+,42+,43-/m1/s1. The Morgan fingerprint density at radius 3 is 2.39 bits per heavy atom. The molecule has 4 saturated carbocycles. The third kappa shape index (κ3) is 8.17. The van der Waals surface area contributed by atoms with E-state index < -0.39 is 17.6 Å². The molecule has 0 unspecified atom stereocenters. The molecule has 5 N–H and O–H groups in total. The Hall–Kier alpha value is -3.70. The summed E-state index contributed by atoms with van der Waals surface area (Å²) >= 11 is 13.0. The molecule has 2 amide bonds. The molecule has 0 aromatic heterocycles. The lowest BCUT2D eigenvalue weighted by atomic mass is 9.43. The number of guanidine groups is 1. The van der Waals surface area contributed by atoms with E-state index in [1.54, 1.807) is 18.2 Å². The van der Waals surface area contributed by atoms with Gasteiger partial charge in [0.15, 0.2) is 0 Å². The van der Waals surface area contributed by atoms with Gasteiger partial charge in [0, 0.05) is 29.9 Å². The molecule has 4 fully saturated rings. The number of fused-ring (bicyclic) bond motifs is 5. The second kappa shape index (κ2) is 17.0. The highest BCUT2D eigenvalue weighted by Crippen LogP contribution is 2.69. The number of anilines is 2. The van der Waals surface area contributed by atoms with Crippen LogP contribution in [0.3, 0.4) is 0 Å². The van der Waals surface area contributed by atoms with Gasteiger partial charge in [0.1, 0.15) is 12.2 Å². The van der Waals surface area contributed by atoms with Gasteiger partial charge >= 0.3 is 24.1 Å². The van der Waals surface area contributed by atoms with Crippen LogP contribution in [0.25, 0.3) is 0 Å². The van der Waals surface area contributed by atoms with Gasteiger partial charge in [-0.2, -0.15) is 0 Å². The summed E-state index contributed by atoms with van der Waals surface area (Å²) in [6.45, 7) is 8.82. The second-order valence-electron chi connectivity index (χ2n) is 17.4. The number of ether oxygens (including phenoxy) is 3. The molecule has 304 valence electrons. The van der Waals surface area contributed by atoms with Gasteiger partial charge in [-0.05, 0) is 111 Å². The van der Waals surface area contributed by atoms with Crippen LogP contribution in [-0.4, -0.2) is 62.6 Å². The van der Waals surface area contributed by atoms with Crippen LogP contribution in [-0.2, 0) is 19.0 Å². The van der Waals surface area contributed by atoms with Crippen molar-refractivity contribution in [2.24, 2.45) is 46.3 Å². The molecule has 0 radical (unpaired) electrons. The molecule has 0 spiro atoms. The fourth-order valence-electron chi connectivity index (χ4n) is 11.7. The largest absolute Gasteiger partial charge is 0.469 e. The summed E-state index contributed by atoms with van der Waals surface area (Å²) in [6, 6.07) is 14.8. The van der Waals surface area contributed by atoms with Gasteiger partial charge in [-0.1, -0.05) is 68.2 Å². The zero-order chi connectivity index (χ0) is 39.6. The summed E-state index contributed by atoms with van der Waals surface area (Å²) in [6.07, 6.45) is 6.42. The van der Waals surface area contributed by atoms with Crippen molar-refractivity contribution < 1.29 is 33.6 Å². The maximum Gasteiger partial charge on any atom is 0.411 e. The van der Waals surface area contributed by atoms with Crippen molar-refractivity contribution in [1.29, 1.82) is 0 Å². The van der Waals surface area contributed by atoms with E-state index in [4.69, 9.17) is 37.4 Å². The van der Waals surface area contributed by atoms with Gasteiger partial charge in [0.05, 0.1) is 42.0 Å². The van der Waals surface area contributed by atoms with Crippen LogP contribution >= 0.6 is 23.2 Å². The first-order chi connectivity index (χ1) is 26.9. The minimum absolute atomic E-state index is 0.0316. The number of rotatable bonds is 9. The first-order valence-electron chi connectivity index (χ1n) is 20.5. The number of hydrogen-bond donors (Lipinski definition) is 5. The zero-order valence-electron chi connectivity index (χ0n) is 33.0. The summed E-state index contributed by atoms with van der Waals surface area (Å²) in [5.74, 6) is 1.61. The molecule has 11 atom stereocenters. The van der Waals surface area contributed by atoms with E-state index in [1.165, 1.54) is 7.11 Å². The quantitative estimate of drug-likeness (QED) is 0.131. The fraction of sp³-hybridized carbons (Fsp3) is 0.628. The van der Waals surface area contributed by atoms with Gasteiger partial charge in [-0.15, -0.1) is 0 Å². The Labute approximate surface area is 340 Å². The van der Waals surface area contributed by atoms with Crippen LogP contribution in [0.4, 0.5) is 21.0 Å². The summed E-state index contributed by atoms with van der Waals surface area (Å²) in [7, 11) is 1.43. The van der Waals surface area contributed by atoms with Crippen molar-refractivity contribution >= 4 is 58.7 Å². The molecule has 56 heavy (non-hydrogen) atoms. The topological polar surface area (TPSA) is 141 Å². The van der Waals surface area contributed by atoms with Crippen molar-refractivity contribution in [3.63, 3.8) is 0 Å². The first-order valence-corrected chi connectivity index (χ1v) is 21.3. The molecule has 11 nitrogen and oxygen atoms in total. The molecule has 5 aliphatic rings. The molecule has 0 saturated heterocycles. The Balaban J connectivity index is 1.22. The van der Waals surface area contributed by atoms with E-state index >= 15 is 0 Å². The third-order valence-corrected chi connectivity index (χ3v) is 15.2. The van der Waals surface area contributed by atoms with Gasteiger partial charge in [-0.25, -0.2) is 9.59 Å². The Bertz CT molecular complexity index is 1760. The van der Waals surface area contributed by atoms with Crippen LogP contribution in [0.5, 0.6) is 0 Å². The molecule has 0 bridgehead atoms. The Kier molecular flexibility index (Phi) is 12.3. The average molecular weight is 812 g/mol. The number of halogens is 2. The van der Waals surface area contributed by atoms with Crippen LogP contribution < -0.4 is 26.3 Å². The number of carbonyl (C=O) groups is 3. The lowest BCUT2D eigenvalue weighted by Gasteiger charge is -2.64. The lowest BCUT2D eigenvalue weighted by molar-refractivity contribution is -0.467. The number of para-hydroxylation sites is 2. The maximum absolute atomic E-state index is 13.9. The molecule has 1 heterocycles. The number of nitrogens with one attached hydrogen (secondary N) is 5. The number of esters is 1. The number of benzene rings is 2. The Morgan fingerprint density at radius 2 is 1.68 bits per heavy atom. The van der Waals surface area contributed by atoms with E-state index in [0.29, 0.717) is 40.7 Å². The van der Waals surface area contributed by atoms with Gasteiger partial charge in [-0.3, -0.25) is 31.1 Å². The first kappa shape index (κ1) is 40.5. The van der Waals surface area contributed by atoms with Gasteiger partial charge < -0.3 is 14.2 Å². The van der Waals surface area contributed by atoms with E-state index in [9.17, 15) is 14.4 Å². The van der Waals surface area contributed by atoms with Crippen LogP contribution in [0, 0.1) is 46.3 Å². The molecular weight excluding hydrogens is 753 g/mol. The highest BCUT2D eigenvalue weighted by molar-refractivity contribution is 6.39. The van der Waals surface area contributed by atoms with Crippen LogP contribution in [0.1, 0.15) is 85.0 Å². The molecule has 1 aliphatic heterocycles. The highest BCUT2D eigenvalue weighted by atomic mass is 35.5. The SMILES string of the molecule is COC(=O)CC[C@@H](C)[C@H]1CC[C@H]2[C@@H]3[C@H](OC(=O)Nc4c(Cl)cccc4Cl)C[C@@H]4C[C@H](NC5=[NH+]CCCN5)CC[C@]4(C)[C@H]3C[C@H](OC(=O)Nc3ccccc3)[C@]12C. The second-order valence-corrected chi connectivity index (χ2v) is 18.2. The lowest BCUT2D eigenvalue weighted by Crippen LogP contribution is -2.83. The number of methoxy groups -OCH3 is 1. The zero-order valence-corrected chi connectivity index (χ0v) is 34.5. The van der Waals surface area contributed by atoms with Crippen molar-refractivity contribution in [3.8, 4) is 0 Å². The van der Waals surface area contributed by atoms with E-state index in [1.807, 2.05) is 30.3 Å². The van der Waals surface area contributed by atoms with Crippen molar-refractivity contribution in [1.82, 2.24) is 10.6 Å². The van der Waals surface area contributed by atoms with E-state index in [0.717, 1.165) is 64.0 Å². The minimum atomic E-state index is -0.577. The molecule has 13 heteroatoms. The van der Waals surface area contributed by atoms with Crippen molar-refractivity contribution in [2.75, 3.05) is 30.8 Å². The van der Waals surface area contributed by atoms with Crippen LogP contribution in [0.2, 0.25) is 10.0 Å². The number of hydrogen-bond acceptors (Lipinski definition) is 8. The monoisotopic (exact) mass is 810 g/mol. The van der Waals surface area contributed by atoms with E-state index in [-0.39, 0.29) is 65.1 Å². The molecule has 2 aromatic rings. The highest BCUT2D eigenvalue weighted by Gasteiger charge is 2.68. The number of amides is 2. The van der Waals surface area contributed by atoms with Crippen LogP contribution in [0.15, 0.2) is 48.5 Å². The summed E-state index contributed by atoms with van der Waals surface area (Å²) in [4.78, 5) is 43.5.